The third kappa shape index (κ3) is 4.25. The van der Waals surface area contributed by atoms with Gasteiger partial charge in [-0.3, -0.25) is 4.79 Å². The van der Waals surface area contributed by atoms with Crippen LogP contribution in [-0.4, -0.2) is 49.3 Å². The monoisotopic (exact) mass is 368 g/mol. The highest BCUT2D eigenvalue weighted by atomic mass is 16.5. The van der Waals surface area contributed by atoms with Gasteiger partial charge in [0.05, 0.1) is 6.10 Å². The zero-order valence-corrected chi connectivity index (χ0v) is 15.7. The molecule has 2 unspecified atom stereocenters. The number of piperidine rings is 1. The second kappa shape index (κ2) is 8.28. The molecule has 0 bridgehead atoms. The van der Waals surface area contributed by atoms with E-state index >= 15 is 0 Å². The summed E-state index contributed by atoms with van der Waals surface area (Å²) in [6, 6.07) is 14.3. The van der Waals surface area contributed by atoms with Gasteiger partial charge in [0, 0.05) is 31.1 Å². The van der Waals surface area contributed by atoms with Gasteiger partial charge in [0.15, 0.2) is 6.61 Å². The number of nitrogens with two attached hydrogens (primary N) is 1. The number of ether oxygens (including phenoxy) is 2. The molecule has 2 aromatic carbocycles. The third-order valence-electron chi connectivity index (χ3n) is 5.87. The van der Waals surface area contributed by atoms with Crippen LogP contribution in [0.5, 0.6) is 5.75 Å². The van der Waals surface area contributed by atoms with E-state index in [1.807, 2.05) is 47.4 Å². The Kier molecular flexibility index (Phi) is 5.60. The predicted octanol–water partition coefficient (Wildman–Crippen LogP) is 2.96. The summed E-state index contributed by atoms with van der Waals surface area (Å²) >= 11 is 0. The molecule has 2 N–H and O–H groups in total. The molecule has 0 aromatic heterocycles. The van der Waals surface area contributed by atoms with Gasteiger partial charge in [-0.1, -0.05) is 36.4 Å². The lowest BCUT2D eigenvalue weighted by Crippen LogP contribution is -2.46. The van der Waals surface area contributed by atoms with Gasteiger partial charge in [0.2, 0.25) is 0 Å². The van der Waals surface area contributed by atoms with Gasteiger partial charge in [0.1, 0.15) is 5.75 Å². The van der Waals surface area contributed by atoms with Crippen molar-refractivity contribution in [3.05, 3.63) is 42.5 Å². The summed E-state index contributed by atoms with van der Waals surface area (Å²) < 4.78 is 11.8. The first-order valence-electron chi connectivity index (χ1n) is 9.96. The number of benzene rings is 2. The SMILES string of the molecule is NC1CCOC(C2CCN(C(=O)COc3cccc4ccccc34)CC2)C1. The predicted molar refractivity (Wildman–Crippen MR) is 106 cm³/mol. The fourth-order valence-corrected chi connectivity index (χ4v) is 4.26. The number of hydrogen-bond acceptors (Lipinski definition) is 4. The summed E-state index contributed by atoms with van der Waals surface area (Å²) in [5, 5.41) is 2.16. The normalized spacial score (nSPS) is 24.1. The molecule has 144 valence electrons. The summed E-state index contributed by atoms with van der Waals surface area (Å²) in [6.45, 7) is 2.41. The van der Waals surface area contributed by atoms with Gasteiger partial charge in [-0.25, -0.2) is 0 Å². The van der Waals surface area contributed by atoms with Crippen LogP contribution in [0.1, 0.15) is 25.7 Å². The van der Waals surface area contributed by atoms with Gasteiger partial charge in [0.25, 0.3) is 5.91 Å². The number of rotatable bonds is 4. The molecule has 0 aliphatic carbocycles. The Morgan fingerprint density at radius 1 is 1.11 bits per heavy atom. The largest absolute Gasteiger partial charge is 0.483 e. The number of carbonyl (C=O) groups excluding carboxylic acids is 1. The van der Waals surface area contributed by atoms with E-state index in [9.17, 15) is 4.79 Å². The third-order valence-corrected chi connectivity index (χ3v) is 5.87. The number of carbonyl (C=O) groups is 1. The topological polar surface area (TPSA) is 64.8 Å². The molecule has 1 amide bonds. The zero-order valence-electron chi connectivity index (χ0n) is 15.7. The molecule has 2 atom stereocenters. The van der Waals surface area contributed by atoms with Crippen LogP contribution in [-0.2, 0) is 9.53 Å². The molecule has 2 saturated heterocycles. The molecule has 5 heteroatoms. The molecule has 27 heavy (non-hydrogen) atoms. The van der Waals surface area contributed by atoms with Crippen molar-refractivity contribution in [2.24, 2.45) is 11.7 Å². The molecular weight excluding hydrogens is 340 g/mol. The number of amides is 1. The van der Waals surface area contributed by atoms with Crippen molar-refractivity contribution in [3.63, 3.8) is 0 Å². The zero-order chi connectivity index (χ0) is 18.6. The fourth-order valence-electron chi connectivity index (χ4n) is 4.26. The Balaban J connectivity index is 1.29. The lowest BCUT2D eigenvalue weighted by atomic mass is 9.86. The highest BCUT2D eigenvalue weighted by Crippen LogP contribution is 2.29. The summed E-state index contributed by atoms with van der Waals surface area (Å²) in [5.74, 6) is 1.34. The maximum Gasteiger partial charge on any atom is 0.260 e. The van der Waals surface area contributed by atoms with Gasteiger partial charge in [-0.2, -0.15) is 0 Å². The lowest BCUT2D eigenvalue weighted by Gasteiger charge is -2.38. The van der Waals surface area contributed by atoms with E-state index < -0.39 is 0 Å². The highest BCUT2D eigenvalue weighted by Gasteiger charge is 2.32. The minimum absolute atomic E-state index is 0.0580. The van der Waals surface area contributed by atoms with Crippen LogP contribution in [0.4, 0.5) is 0 Å². The number of nitrogens with zero attached hydrogens (tertiary/aromatic N) is 1. The minimum Gasteiger partial charge on any atom is -0.483 e. The van der Waals surface area contributed by atoms with Crippen LogP contribution in [0, 0.1) is 5.92 Å². The van der Waals surface area contributed by atoms with E-state index in [2.05, 4.69) is 0 Å². The van der Waals surface area contributed by atoms with E-state index in [1.165, 1.54) is 0 Å². The van der Waals surface area contributed by atoms with E-state index in [1.54, 1.807) is 0 Å². The molecule has 5 nitrogen and oxygen atoms in total. The summed E-state index contributed by atoms with van der Waals surface area (Å²) in [4.78, 5) is 14.5. The fraction of sp³-hybridized carbons (Fsp3) is 0.500. The average Bonchev–Trinajstić information content (AvgIpc) is 2.72. The van der Waals surface area contributed by atoms with Crippen LogP contribution < -0.4 is 10.5 Å². The van der Waals surface area contributed by atoms with Crippen LogP contribution >= 0.6 is 0 Å². The van der Waals surface area contributed by atoms with Gasteiger partial charge in [-0.05, 0) is 43.1 Å². The van der Waals surface area contributed by atoms with E-state index in [4.69, 9.17) is 15.2 Å². The molecule has 2 heterocycles. The second-order valence-corrected chi connectivity index (χ2v) is 7.68. The Bertz CT molecular complexity index is 781. The van der Waals surface area contributed by atoms with Crippen molar-refractivity contribution in [3.8, 4) is 5.75 Å². The first-order chi connectivity index (χ1) is 13.2. The molecule has 4 rings (SSSR count). The Labute approximate surface area is 160 Å². The molecule has 0 saturated carbocycles. The van der Waals surface area contributed by atoms with Crippen molar-refractivity contribution >= 4 is 16.7 Å². The number of fused-ring (bicyclic) bond motifs is 1. The molecule has 0 spiro atoms. The van der Waals surface area contributed by atoms with E-state index in [-0.39, 0.29) is 24.7 Å². The maximum atomic E-state index is 12.6. The summed E-state index contributed by atoms with van der Waals surface area (Å²) in [6.07, 6.45) is 4.13. The second-order valence-electron chi connectivity index (χ2n) is 7.68. The van der Waals surface area contributed by atoms with Crippen LogP contribution in [0.3, 0.4) is 0 Å². The Morgan fingerprint density at radius 3 is 2.70 bits per heavy atom. The first-order valence-corrected chi connectivity index (χ1v) is 9.96. The summed E-state index contributed by atoms with van der Waals surface area (Å²) in [7, 11) is 0. The Morgan fingerprint density at radius 2 is 1.89 bits per heavy atom. The Hall–Kier alpha value is -2.11. The lowest BCUT2D eigenvalue weighted by molar-refractivity contribution is -0.136. The maximum absolute atomic E-state index is 12.6. The standard InChI is InChI=1S/C22H28N2O3/c23-18-10-13-26-21(14-18)17-8-11-24(12-9-17)22(25)15-27-20-7-3-5-16-4-1-2-6-19(16)20/h1-7,17-18,21H,8-15,23H2. The molecule has 2 aromatic rings. The van der Waals surface area contributed by atoms with Crippen molar-refractivity contribution in [1.29, 1.82) is 0 Å². The molecule has 2 aliphatic rings. The van der Waals surface area contributed by atoms with Gasteiger partial charge in [-0.15, -0.1) is 0 Å². The van der Waals surface area contributed by atoms with Crippen molar-refractivity contribution < 1.29 is 14.3 Å². The van der Waals surface area contributed by atoms with E-state index in [0.29, 0.717) is 5.92 Å². The molecule has 2 fully saturated rings. The first kappa shape index (κ1) is 18.3. The van der Waals surface area contributed by atoms with Crippen molar-refractivity contribution in [2.75, 3.05) is 26.3 Å². The number of likely N-dealkylation sites (tertiary alicyclic amines) is 1. The van der Waals surface area contributed by atoms with Crippen LogP contribution in [0.15, 0.2) is 42.5 Å². The molecule has 2 aliphatic heterocycles. The van der Waals surface area contributed by atoms with Crippen molar-refractivity contribution in [2.45, 2.75) is 37.8 Å². The van der Waals surface area contributed by atoms with Crippen LogP contribution in [0.25, 0.3) is 10.8 Å². The smallest absolute Gasteiger partial charge is 0.260 e. The molecular formula is C22H28N2O3. The quantitative estimate of drug-likeness (QED) is 0.901. The highest BCUT2D eigenvalue weighted by molar-refractivity contribution is 5.88. The summed E-state index contributed by atoms with van der Waals surface area (Å²) in [5.41, 5.74) is 6.08. The number of hydrogen-bond donors (Lipinski definition) is 1. The van der Waals surface area contributed by atoms with Crippen molar-refractivity contribution in [1.82, 2.24) is 4.90 Å². The van der Waals surface area contributed by atoms with Gasteiger partial charge < -0.3 is 20.1 Å². The molecule has 0 radical (unpaired) electrons. The average molecular weight is 368 g/mol. The minimum atomic E-state index is 0.0580. The van der Waals surface area contributed by atoms with Gasteiger partial charge >= 0.3 is 0 Å². The van der Waals surface area contributed by atoms with Crippen LogP contribution in [0.2, 0.25) is 0 Å². The van der Waals surface area contributed by atoms with E-state index in [0.717, 1.165) is 61.9 Å².